The van der Waals surface area contributed by atoms with E-state index in [1.54, 1.807) is 0 Å². The van der Waals surface area contributed by atoms with Gasteiger partial charge in [0.15, 0.2) is 0 Å². The number of carbonyl (C=O) groups is 1. The first kappa shape index (κ1) is 59.0. The Balaban J connectivity index is 2.32. The van der Waals surface area contributed by atoms with Crippen LogP contribution in [0.2, 0.25) is 0 Å². The highest BCUT2D eigenvalue weighted by Crippen LogP contribution is 2.29. The predicted molar refractivity (Wildman–Crippen MR) is 258 cm³/mol. The van der Waals surface area contributed by atoms with Crippen LogP contribution in [-0.2, 0) is 9.47 Å². The first-order valence-corrected chi connectivity index (χ1v) is 26.9. The van der Waals surface area contributed by atoms with Gasteiger partial charge in [0.05, 0.1) is 37.6 Å². The number of aliphatic hydroxyl groups is 5. The molecule has 0 aromatic carbocycles. The fourth-order valence-electron chi connectivity index (χ4n) is 9.12. The second kappa shape index (κ2) is 42.6. The molecule has 0 saturated heterocycles. The van der Waals surface area contributed by atoms with Crippen molar-refractivity contribution >= 4 is 6.03 Å². The first-order valence-electron chi connectivity index (χ1n) is 26.9. The van der Waals surface area contributed by atoms with E-state index >= 15 is 0 Å². The van der Waals surface area contributed by atoms with E-state index in [4.69, 9.17) is 9.47 Å². The molecule has 1 saturated carbocycles. The highest BCUT2D eigenvalue weighted by molar-refractivity contribution is 5.74. The Morgan fingerprint density at radius 1 is 0.532 bits per heavy atom. The molecular weight excluding hydrogens is 781 g/mol. The number of carbonyl (C=O) groups excluding carboxylic acids is 1. The summed E-state index contributed by atoms with van der Waals surface area (Å²) in [5.41, 5.74) is 0. The summed E-state index contributed by atoms with van der Waals surface area (Å²) in [7, 11) is 0. The second-order valence-electron chi connectivity index (χ2n) is 19.2. The summed E-state index contributed by atoms with van der Waals surface area (Å²) >= 11 is 0. The average Bonchev–Trinajstić information content (AvgIpc) is 3.27. The van der Waals surface area contributed by atoms with Crippen LogP contribution in [0.5, 0.6) is 0 Å². The lowest BCUT2D eigenvalue weighted by Gasteiger charge is -2.41. The average molecular weight is 885 g/mol. The maximum absolute atomic E-state index is 13.0. The van der Waals surface area contributed by atoms with Gasteiger partial charge in [0.1, 0.15) is 18.3 Å². The lowest BCUT2D eigenvalue weighted by Crippen LogP contribution is -2.58. The predicted octanol–water partition coefficient (Wildman–Crippen LogP) is 11.6. The summed E-state index contributed by atoms with van der Waals surface area (Å²) in [6.07, 6.45) is 37.4. The summed E-state index contributed by atoms with van der Waals surface area (Å²) in [5, 5.41) is 59.8. The molecule has 1 aliphatic carbocycles. The van der Waals surface area contributed by atoms with Gasteiger partial charge in [0.2, 0.25) is 0 Å². The summed E-state index contributed by atoms with van der Waals surface area (Å²) in [6, 6.07) is -1.37. The van der Waals surface area contributed by atoms with E-state index in [1.807, 2.05) is 6.92 Å². The molecule has 0 aliphatic heterocycles. The molecule has 7 N–H and O–H groups in total. The highest BCUT2D eigenvalue weighted by atomic mass is 16.5. The molecule has 10 nitrogen and oxygen atoms in total. The zero-order chi connectivity index (χ0) is 45.3. The standard InChI is InChI=1S/C52H104N2O8/c1-4-7-9-11-13-15-17-19-20-21-22-23-24-25-26-27-28-30-32-34-36-38-40-53-52(60)54-45(43-62-47-41-44(42-61-6-3)48(56)51(59)50(47)58)49(57)46(55)39-37-35-33-31-29-18-16-14-12-10-8-5-2/h44-51,55-59H,4-43H2,1-3H3,(H2,53,54,60)/t44-,45+,46-,47+,48+,49+,50+,51+/m1/s1. The molecule has 8 atom stereocenters. The minimum absolute atomic E-state index is 0.171. The van der Waals surface area contributed by atoms with Gasteiger partial charge in [-0.3, -0.25) is 0 Å². The Labute approximate surface area is 382 Å². The Morgan fingerprint density at radius 3 is 1.32 bits per heavy atom. The molecule has 1 fully saturated rings. The van der Waals surface area contributed by atoms with Gasteiger partial charge in [-0.05, 0) is 26.2 Å². The molecule has 0 aromatic heterocycles. The summed E-state index contributed by atoms with van der Waals surface area (Å²) in [4.78, 5) is 13.0. The van der Waals surface area contributed by atoms with E-state index in [2.05, 4.69) is 24.5 Å². The lowest BCUT2D eigenvalue weighted by molar-refractivity contribution is -0.184. The molecule has 0 radical (unpaired) electrons. The molecule has 0 aromatic rings. The van der Waals surface area contributed by atoms with Gasteiger partial charge >= 0.3 is 6.03 Å². The van der Waals surface area contributed by atoms with Crippen molar-refractivity contribution in [2.45, 2.75) is 295 Å². The van der Waals surface area contributed by atoms with Crippen molar-refractivity contribution in [3.05, 3.63) is 0 Å². The van der Waals surface area contributed by atoms with Crippen molar-refractivity contribution in [2.24, 2.45) is 5.92 Å². The zero-order valence-electron chi connectivity index (χ0n) is 40.9. The summed E-state index contributed by atoms with van der Waals surface area (Å²) < 4.78 is 11.5. The van der Waals surface area contributed by atoms with Crippen LogP contribution in [0.25, 0.3) is 0 Å². The molecule has 1 rings (SSSR count). The topological polar surface area (TPSA) is 161 Å². The molecule has 2 amide bonds. The maximum Gasteiger partial charge on any atom is 0.315 e. The molecule has 0 spiro atoms. The quantitative estimate of drug-likeness (QED) is 0.0298. The molecule has 10 heteroatoms. The van der Waals surface area contributed by atoms with Gasteiger partial charge in [-0.1, -0.05) is 226 Å². The second-order valence-corrected chi connectivity index (χ2v) is 19.2. The van der Waals surface area contributed by atoms with E-state index in [1.165, 1.54) is 180 Å². The van der Waals surface area contributed by atoms with Gasteiger partial charge in [-0.15, -0.1) is 0 Å². The Kier molecular flexibility index (Phi) is 40.6. The number of unbranched alkanes of at least 4 members (excludes halogenated alkanes) is 32. The van der Waals surface area contributed by atoms with Crippen molar-refractivity contribution in [1.29, 1.82) is 0 Å². The van der Waals surface area contributed by atoms with Gasteiger partial charge in [0, 0.05) is 19.1 Å². The largest absolute Gasteiger partial charge is 0.390 e. The van der Waals surface area contributed by atoms with Gasteiger partial charge in [-0.25, -0.2) is 4.79 Å². The maximum atomic E-state index is 13.0. The Hall–Kier alpha value is -1.01. The number of hydrogen-bond donors (Lipinski definition) is 7. The van der Waals surface area contributed by atoms with Crippen LogP contribution in [0.4, 0.5) is 4.79 Å². The number of aliphatic hydroxyl groups excluding tert-OH is 5. The van der Waals surface area contributed by atoms with Crippen LogP contribution in [0, 0.1) is 5.92 Å². The Bertz CT molecular complexity index is 962. The zero-order valence-corrected chi connectivity index (χ0v) is 40.9. The number of urea groups is 1. The van der Waals surface area contributed by atoms with Crippen LogP contribution in [-0.4, -0.2) is 101 Å². The summed E-state index contributed by atoms with van der Waals surface area (Å²) in [5.74, 6) is -0.437. The molecule has 62 heavy (non-hydrogen) atoms. The fraction of sp³-hybridized carbons (Fsp3) is 0.981. The van der Waals surface area contributed by atoms with Crippen molar-refractivity contribution in [3.8, 4) is 0 Å². The highest BCUT2D eigenvalue weighted by Gasteiger charge is 2.44. The van der Waals surface area contributed by atoms with Gasteiger partial charge in [-0.2, -0.15) is 0 Å². The van der Waals surface area contributed by atoms with Gasteiger partial charge in [0.25, 0.3) is 0 Å². The van der Waals surface area contributed by atoms with E-state index in [-0.39, 0.29) is 19.6 Å². The first-order chi connectivity index (χ1) is 30.3. The number of ether oxygens (including phenoxy) is 2. The van der Waals surface area contributed by atoms with Crippen molar-refractivity contribution < 1.29 is 39.8 Å². The molecule has 0 unspecified atom stereocenters. The normalized spacial score (nSPS) is 20.6. The minimum atomic E-state index is -1.41. The van der Waals surface area contributed by atoms with Gasteiger partial charge < -0.3 is 45.6 Å². The van der Waals surface area contributed by atoms with Crippen molar-refractivity contribution in [1.82, 2.24) is 10.6 Å². The number of nitrogens with one attached hydrogen (secondary N) is 2. The third-order valence-electron chi connectivity index (χ3n) is 13.4. The van der Waals surface area contributed by atoms with Crippen molar-refractivity contribution in [2.75, 3.05) is 26.4 Å². The van der Waals surface area contributed by atoms with E-state index in [0.29, 0.717) is 19.6 Å². The van der Waals surface area contributed by atoms with Crippen LogP contribution < -0.4 is 10.6 Å². The summed E-state index contributed by atoms with van der Waals surface area (Å²) in [6.45, 7) is 7.39. The number of hydrogen-bond acceptors (Lipinski definition) is 8. The molecule has 0 heterocycles. The minimum Gasteiger partial charge on any atom is -0.390 e. The lowest BCUT2D eigenvalue weighted by atomic mass is 9.81. The third kappa shape index (κ3) is 31.8. The molecular formula is C52H104N2O8. The van der Waals surface area contributed by atoms with E-state index in [9.17, 15) is 30.3 Å². The molecule has 0 bridgehead atoms. The number of rotatable bonds is 45. The van der Waals surface area contributed by atoms with Crippen LogP contribution in [0.15, 0.2) is 0 Å². The SMILES string of the molecule is CCCCCCCCCCCCCCCCCCCCCCCCNC(=O)N[C@@H](CO[C@H]1C[C@H](COCC)[C@H](O)[C@H](O)[C@H]1O)[C@H](O)[C@H](O)CCCCCCCCCCCCCC. The molecule has 370 valence electrons. The van der Waals surface area contributed by atoms with Crippen LogP contribution >= 0.6 is 0 Å². The van der Waals surface area contributed by atoms with Crippen LogP contribution in [0.3, 0.4) is 0 Å². The third-order valence-corrected chi connectivity index (χ3v) is 13.4. The van der Waals surface area contributed by atoms with E-state index < -0.39 is 54.6 Å². The van der Waals surface area contributed by atoms with Crippen molar-refractivity contribution in [3.63, 3.8) is 0 Å². The Morgan fingerprint density at radius 2 is 0.919 bits per heavy atom. The van der Waals surface area contributed by atoms with E-state index in [0.717, 1.165) is 38.5 Å². The monoisotopic (exact) mass is 885 g/mol. The molecule has 1 aliphatic rings. The fourth-order valence-corrected chi connectivity index (χ4v) is 9.12. The number of amides is 2. The smallest absolute Gasteiger partial charge is 0.315 e. The van der Waals surface area contributed by atoms with Crippen LogP contribution in [0.1, 0.15) is 252 Å².